The molecule has 0 heteroatoms. The van der Waals surface area contributed by atoms with Crippen molar-refractivity contribution in [2.75, 3.05) is 0 Å². The van der Waals surface area contributed by atoms with Crippen LogP contribution in [0.1, 0.15) is 30.5 Å². The first kappa shape index (κ1) is 17.5. The minimum atomic E-state index is -0.0316. The molecule has 0 fully saturated rings. The lowest BCUT2D eigenvalue weighted by Crippen LogP contribution is -2.23. The predicted octanol–water partition coefficient (Wildman–Crippen LogP) is 8.27. The van der Waals surface area contributed by atoms with Gasteiger partial charge in [-0.25, -0.2) is 0 Å². The first-order chi connectivity index (χ1) is 14.6. The summed E-state index contributed by atoms with van der Waals surface area (Å²) in [6.07, 6.45) is 0. The van der Waals surface area contributed by atoms with Crippen LogP contribution in [0.5, 0.6) is 0 Å². The highest BCUT2D eigenvalue weighted by atomic mass is 14.4. The minimum Gasteiger partial charge on any atom is -0.0619 e. The average molecular weight is 385 g/mol. The molecule has 0 unspecified atom stereocenters. The molecule has 6 rings (SSSR count). The van der Waals surface area contributed by atoms with Crippen LogP contribution < -0.4 is 0 Å². The van der Waals surface area contributed by atoms with E-state index in [9.17, 15) is 0 Å². The molecule has 0 nitrogen and oxygen atoms in total. The van der Waals surface area contributed by atoms with Gasteiger partial charge < -0.3 is 0 Å². The van der Waals surface area contributed by atoms with Crippen molar-refractivity contribution < 1.29 is 0 Å². The van der Waals surface area contributed by atoms with Crippen LogP contribution >= 0.6 is 0 Å². The highest BCUT2D eigenvalue weighted by Gasteiger charge is 2.34. The van der Waals surface area contributed by atoms with Gasteiger partial charge in [0, 0.05) is 5.41 Å². The van der Waals surface area contributed by atoms with E-state index in [-0.39, 0.29) is 5.41 Å². The molecule has 0 saturated carbocycles. The maximum Gasteiger partial charge on any atom is 0.0159 e. The fraction of sp³-hybridized carbons (Fsp3) is 0.133. The van der Waals surface area contributed by atoms with Crippen molar-refractivity contribution in [2.45, 2.75) is 26.2 Å². The van der Waals surface area contributed by atoms with Gasteiger partial charge >= 0.3 is 0 Å². The second-order valence-corrected chi connectivity index (χ2v) is 9.06. The molecule has 0 aromatic heterocycles. The van der Waals surface area contributed by atoms with Crippen molar-refractivity contribution in [3.8, 4) is 22.3 Å². The fourth-order valence-corrected chi connectivity index (χ4v) is 5.45. The van der Waals surface area contributed by atoms with Crippen molar-refractivity contribution in [1.82, 2.24) is 0 Å². The number of fused-ring (bicyclic) bond motifs is 4. The minimum absolute atomic E-state index is 0.0316. The van der Waals surface area contributed by atoms with Gasteiger partial charge in [0.1, 0.15) is 0 Å². The Bertz CT molecular complexity index is 1450. The van der Waals surface area contributed by atoms with E-state index in [1.807, 2.05) is 0 Å². The van der Waals surface area contributed by atoms with Crippen LogP contribution in [0.2, 0.25) is 0 Å². The monoisotopic (exact) mass is 384 g/mol. The molecule has 0 radical (unpaired) electrons. The number of hydrogen-bond acceptors (Lipinski definition) is 0. The Balaban J connectivity index is 1.90. The number of hydrogen-bond donors (Lipinski definition) is 0. The second kappa shape index (κ2) is 6.06. The third-order valence-electron chi connectivity index (χ3n) is 6.93. The summed E-state index contributed by atoms with van der Waals surface area (Å²) in [5.74, 6) is 0. The Morgan fingerprint density at radius 3 is 1.90 bits per heavy atom. The molecule has 0 atom stereocenters. The van der Waals surface area contributed by atoms with Crippen LogP contribution in [-0.2, 0) is 5.41 Å². The number of rotatable bonds is 1. The highest BCUT2D eigenvalue weighted by Crippen LogP contribution is 2.53. The normalized spacial score (nSPS) is 14.1. The maximum atomic E-state index is 2.37. The topological polar surface area (TPSA) is 0 Å². The Hall–Kier alpha value is -3.38. The first-order valence-electron chi connectivity index (χ1n) is 10.7. The van der Waals surface area contributed by atoms with Gasteiger partial charge in [0.15, 0.2) is 0 Å². The Kier molecular flexibility index (Phi) is 3.53. The zero-order valence-electron chi connectivity index (χ0n) is 17.7. The summed E-state index contributed by atoms with van der Waals surface area (Å²) in [6, 6.07) is 33.8. The van der Waals surface area contributed by atoms with Crippen LogP contribution in [0.15, 0.2) is 91.0 Å². The van der Waals surface area contributed by atoms with Crippen molar-refractivity contribution in [2.24, 2.45) is 0 Å². The van der Waals surface area contributed by atoms with Crippen molar-refractivity contribution >= 4 is 21.5 Å². The van der Waals surface area contributed by atoms with Gasteiger partial charge in [-0.05, 0) is 61.8 Å². The molecule has 0 N–H and O–H groups in total. The second-order valence-electron chi connectivity index (χ2n) is 9.06. The SMILES string of the molecule is Cc1ccc(-c2c3ccccc3c3c4c(cccc24)C(C)(C)c2ccccc2-3)cc1. The lowest BCUT2D eigenvalue weighted by molar-refractivity contribution is 0.645. The van der Waals surface area contributed by atoms with E-state index < -0.39 is 0 Å². The number of aryl methyl sites for hydroxylation is 1. The fourth-order valence-electron chi connectivity index (χ4n) is 5.45. The maximum absolute atomic E-state index is 2.37. The predicted molar refractivity (Wildman–Crippen MR) is 129 cm³/mol. The molecule has 1 aliphatic carbocycles. The van der Waals surface area contributed by atoms with Crippen LogP contribution in [0, 0.1) is 6.92 Å². The van der Waals surface area contributed by atoms with Crippen molar-refractivity contribution in [1.29, 1.82) is 0 Å². The molecule has 0 amide bonds. The zero-order valence-corrected chi connectivity index (χ0v) is 17.7. The van der Waals surface area contributed by atoms with E-state index >= 15 is 0 Å². The van der Waals surface area contributed by atoms with Crippen LogP contribution in [0.25, 0.3) is 43.8 Å². The van der Waals surface area contributed by atoms with E-state index in [1.165, 1.54) is 60.5 Å². The molecule has 0 aliphatic heterocycles. The molecule has 30 heavy (non-hydrogen) atoms. The lowest BCUT2D eigenvalue weighted by atomic mass is 9.67. The highest BCUT2D eigenvalue weighted by molar-refractivity contribution is 6.23. The van der Waals surface area contributed by atoms with E-state index in [1.54, 1.807) is 0 Å². The molecule has 1 aliphatic rings. The van der Waals surface area contributed by atoms with Crippen molar-refractivity contribution in [3.63, 3.8) is 0 Å². The van der Waals surface area contributed by atoms with Crippen LogP contribution in [-0.4, -0.2) is 0 Å². The molecule has 0 bridgehead atoms. The average Bonchev–Trinajstić information content (AvgIpc) is 2.77. The molecular weight excluding hydrogens is 360 g/mol. The van der Waals surface area contributed by atoms with Gasteiger partial charge in [-0.15, -0.1) is 0 Å². The third-order valence-corrected chi connectivity index (χ3v) is 6.93. The Morgan fingerprint density at radius 1 is 0.533 bits per heavy atom. The Morgan fingerprint density at radius 2 is 1.13 bits per heavy atom. The van der Waals surface area contributed by atoms with Gasteiger partial charge in [-0.3, -0.25) is 0 Å². The van der Waals surface area contributed by atoms with Gasteiger partial charge in [0.2, 0.25) is 0 Å². The molecule has 0 saturated heterocycles. The zero-order chi connectivity index (χ0) is 20.5. The molecule has 144 valence electrons. The number of benzene rings is 5. The first-order valence-corrected chi connectivity index (χ1v) is 10.7. The summed E-state index contributed by atoms with van der Waals surface area (Å²) >= 11 is 0. The Labute approximate surface area is 177 Å². The van der Waals surface area contributed by atoms with Crippen molar-refractivity contribution in [3.05, 3.63) is 108 Å². The van der Waals surface area contributed by atoms with Crippen LogP contribution in [0.3, 0.4) is 0 Å². The summed E-state index contributed by atoms with van der Waals surface area (Å²) < 4.78 is 0. The molecule has 5 aromatic carbocycles. The largest absolute Gasteiger partial charge is 0.0619 e. The summed E-state index contributed by atoms with van der Waals surface area (Å²) in [4.78, 5) is 0. The third kappa shape index (κ3) is 2.22. The van der Waals surface area contributed by atoms with Gasteiger partial charge in [0.25, 0.3) is 0 Å². The quantitative estimate of drug-likeness (QED) is 0.255. The molecule has 0 heterocycles. The molecule has 0 spiro atoms. The molecule has 5 aromatic rings. The van der Waals surface area contributed by atoms with Gasteiger partial charge in [-0.2, -0.15) is 0 Å². The van der Waals surface area contributed by atoms with E-state index in [2.05, 4.69) is 112 Å². The van der Waals surface area contributed by atoms with E-state index in [0.717, 1.165) is 0 Å². The summed E-state index contributed by atoms with van der Waals surface area (Å²) in [5, 5.41) is 5.44. The lowest BCUT2D eigenvalue weighted by Gasteiger charge is -2.36. The van der Waals surface area contributed by atoms with Gasteiger partial charge in [-0.1, -0.05) is 110 Å². The van der Waals surface area contributed by atoms with E-state index in [0.29, 0.717) is 0 Å². The van der Waals surface area contributed by atoms with E-state index in [4.69, 9.17) is 0 Å². The summed E-state index contributed by atoms with van der Waals surface area (Å²) in [6.45, 7) is 6.88. The smallest absolute Gasteiger partial charge is 0.0159 e. The van der Waals surface area contributed by atoms with Crippen LogP contribution in [0.4, 0.5) is 0 Å². The van der Waals surface area contributed by atoms with Gasteiger partial charge in [0.05, 0.1) is 0 Å². The standard InChI is InChI=1S/C30H24/c1-19-15-17-20(18-16-19)27-21-9-4-5-10-22(21)28-23-11-6-7-13-25(23)30(2,3)26-14-8-12-24(27)29(26)28/h4-18H,1-3H3. The molecular formula is C30H24. The summed E-state index contributed by atoms with van der Waals surface area (Å²) in [7, 11) is 0. The summed E-state index contributed by atoms with van der Waals surface area (Å²) in [5.41, 5.74) is 9.50.